The normalized spacial score (nSPS) is 13.6. The molecule has 1 aromatic carbocycles. The topological polar surface area (TPSA) is 19.0 Å². The van der Waals surface area contributed by atoms with E-state index in [-0.39, 0.29) is 0 Å². The average Bonchev–Trinajstić information content (AvgIpc) is 2.63. The molecule has 2 nitrogen and oxygen atoms in total. The zero-order valence-corrected chi connectivity index (χ0v) is 10.5. The van der Waals surface area contributed by atoms with Gasteiger partial charge in [0.2, 0.25) is 0 Å². The van der Waals surface area contributed by atoms with Gasteiger partial charge in [-0.05, 0) is 51.6 Å². The van der Waals surface area contributed by atoms with Gasteiger partial charge in [0, 0.05) is 23.1 Å². The minimum Gasteiger partial charge on any atom is -0.361 e. The van der Waals surface area contributed by atoms with Crippen LogP contribution in [0.25, 0.3) is 10.9 Å². The molecule has 0 unspecified atom stereocenters. The number of benzene rings is 1. The summed E-state index contributed by atoms with van der Waals surface area (Å²) >= 11 is 0. The first-order chi connectivity index (χ1) is 7.59. The number of aryl methyl sites for hydroxylation is 1. The van der Waals surface area contributed by atoms with Crippen LogP contribution in [-0.2, 0) is 6.42 Å². The van der Waals surface area contributed by atoms with Gasteiger partial charge in [0.05, 0.1) is 0 Å². The summed E-state index contributed by atoms with van der Waals surface area (Å²) in [6, 6.07) is 7.00. The molecule has 1 N–H and O–H groups in total. The molecule has 0 amide bonds. The number of rotatable bonds is 3. The van der Waals surface area contributed by atoms with Crippen molar-refractivity contribution < 1.29 is 0 Å². The fraction of sp³-hybridized carbons (Fsp3) is 0.429. The molecule has 2 rings (SSSR count). The van der Waals surface area contributed by atoms with Crippen LogP contribution in [0.5, 0.6) is 0 Å². The zero-order valence-electron chi connectivity index (χ0n) is 10.5. The molecule has 86 valence electrons. The van der Waals surface area contributed by atoms with E-state index in [0.717, 1.165) is 6.42 Å². The average molecular weight is 216 g/mol. The number of aromatic amines is 1. The Morgan fingerprint density at radius 2 is 2.06 bits per heavy atom. The van der Waals surface area contributed by atoms with E-state index in [4.69, 9.17) is 0 Å². The van der Waals surface area contributed by atoms with E-state index in [1.807, 2.05) is 0 Å². The summed E-state index contributed by atoms with van der Waals surface area (Å²) in [6.07, 6.45) is 3.25. The molecule has 1 atom stereocenters. The maximum atomic E-state index is 3.35. The van der Waals surface area contributed by atoms with E-state index in [2.05, 4.69) is 62.2 Å². The largest absolute Gasteiger partial charge is 0.361 e. The lowest BCUT2D eigenvalue weighted by Gasteiger charge is -2.19. The summed E-state index contributed by atoms with van der Waals surface area (Å²) in [5, 5.41) is 1.40. The highest BCUT2D eigenvalue weighted by molar-refractivity contribution is 5.86. The van der Waals surface area contributed by atoms with Crippen molar-refractivity contribution in [3.05, 3.63) is 35.5 Å². The molecule has 2 aromatic rings. The molecular weight excluding hydrogens is 196 g/mol. The molecule has 0 aliphatic carbocycles. The predicted molar refractivity (Wildman–Crippen MR) is 69.9 cm³/mol. The first-order valence-corrected chi connectivity index (χ1v) is 5.81. The van der Waals surface area contributed by atoms with Gasteiger partial charge in [-0.1, -0.05) is 12.1 Å². The molecule has 0 saturated carbocycles. The molecule has 16 heavy (non-hydrogen) atoms. The molecule has 1 heterocycles. The van der Waals surface area contributed by atoms with Gasteiger partial charge in [0.15, 0.2) is 0 Å². The van der Waals surface area contributed by atoms with Gasteiger partial charge in [-0.3, -0.25) is 0 Å². The molecular formula is C14H20N2. The van der Waals surface area contributed by atoms with Crippen molar-refractivity contribution >= 4 is 10.9 Å². The van der Waals surface area contributed by atoms with Gasteiger partial charge < -0.3 is 9.88 Å². The minimum absolute atomic E-state index is 0.568. The van der Waals surface area contributed by atoms with Gasteiger partial charge >= 0.3 is 0 Å². The number of fused-ring (bicyclic) bond motifs is 1. The van der Waals surface area contributed by atoms with Crippen LogP contribution in [0.3, 0.4) is 0 Å². The summed E-state index contributed by atoms with van der Waals surface area (Å²) in [6.45, 7) is 4.44. The van der Waals surface area contributed by atoms with E-state index >= 15 is 0 Å². The van der Waals surface area contributed by atoms with Crippen molar-refractivity contribution in [2.45, 2.75) is 26.3 Å². The highest BCUT2D eigenvalue weighted by Gasteiger charge is 2.11. The quantitative estimate of drug-likeness (QED) is 0.835. The molecule has 0 fully saturated rings. The Labute approximate surface area is 97.3 Å². The Kier molecular flexibility index (Phi) is 3.01. The van der Waals surface area contributed by atoms with Crippen molar-refractivity contribution in [3.63, 3.8) is 0 Å². The zero-order chi connectivity index (χ0) is 11.7. The van der Waals surface area contributed by atoms with Gasteiger partial charge in [0.25, 0.3) is 0 Å². The Morgan fingerprint density at radius 1 is 1.31 bits per heavy atom. The first-order valence-electron chi connectivity index (χ1n) is 5.81. The third-order valence-electron chi connectivity index (χ3n) is 3.39. The molecule has 0 bridgehead atoms. The summed E-state index contributed by atoms with van der Waals surface area (Å²) in [5.74, 6) is 0. The molecule has 0 radical (unpaired) electrons. The van der Waals surface area contributed by atoms with Gasteiger partial charge in [0.1, 0.15) is 0 Å². The van der Waals surface area contributed by atoms with Crippen LogP contribution in [0.2, 0.25) is 0 Å². The van der Waals surface area contributed by atoms with Crippen molar-refractivity contribution in [3.8, 4) is 0 Å². The summed E-state index contributed by atoms with van der Waals surface area (Å²) in [7, 11) is 4.26. The van der Waals surface area contributed by atoms with Gasteiger partial charge in [-0.15, -0.1) is 0 Å². The SMILES string of the molecule is Cc1cccc2[nH]cc(C[C@@H](C)N(C)C)c12. The number of H-pyrrole nitrogens is 1. The van der Waals surface area contributed by atoms with Crippen LogP contribution >= 0.6 is 0 Å². The van der Waals surface area contributed by atoms with Crippen LogP contribution < -0.4 is 0 Å². The van der Waals surface area contributed by atoms with Crippen molar-refractivity contribution in [2.24, 2.45) is 0 Å². The van der Waals surface area contributed by atoms with Crippen LogP contribution in [0, 0.1) is 6.92 Å². The standard InChI is InChI=1S/C14H20N2/c1-10-6-5-7-13-14(10)12(9-15-13)8-11(2)16(3)4/h5-7,9,11,15H,8H2,1-4H3/t11-/m1/s1. The summed E-state index contributed by atoms with van der Waals surface area (Å²) < 4.78 is 0. The second-order valence-electron chi connectivity index (χ2n) is 4.83. The fourth-order valence-electron chi connectivity index (χ4n) is 2.11. The molecule has 0 aliphatic heterocycles. The van der Waals surface area contributed by atoms with E-state index in [9.17, 15) is 0 Å². The van der Waals surface area contributed by atoms with Crippen LogP contribution in [0.4, 0.5) is 0 Å². The predicted octanol–water partition coefficient (Wildman–Crippen LogP) is 2.97. The second kappa shape index (κ2) is 4.30. The molecule has 0 aliphatic rings. The Hall–Kier alpha value is -1.28. The summed E-state index contributed by atoms with van der Waals surface area (Å²) in [4.78, 5) is 5.62. The van der Waals surface area contributed by atoms with E-state index in [1.165, 1.54) is 22.0 Å². The molecule has 0 spiro atoms. The monoisotopic (exact) mass is 216 g/mol. The van der Waals surface area contributed by atoms with Crippen LogP contribution in [0.1, 0.15) is 18.1 Å². The maximum absolute atomic E-state index is 3.35. The number of aromatic nitrogens is 1. The van der Waals surface area contributed by atoms with Crippen LogP contribution in [0.15, 0.2) is 24.4 Å². The number of hydrogen-bond donors (Lipinski definition) is 1. The Balaban J connectivity index is 2.38. The number of hydrogen-bond acceptors (Lipinski definition) is 1. The molecule has 2 heteroatoms. The smallest absolute Gasteiger partial charge is 0.0459 e. The lowest BCUT2D eigenvalue weighted by atomic mass is 10.0. The van der Waals surface area contributed by atoms with Crippen molar-refractivity contribution in [1.29, 1.82) is 0 Å². The Bertz CT molecular complexity index is 482. The lowest BCUT2D eigenvalue weighted by molar-refractivity contribution is 0.313. The number of nitrogens with zero attached hydrogens (tertiary/aromatic N) is 1. The number of nitrogens with one attached hydrogen (secondary N) is 1. The fourth-order valence-corrected chi connectivity index (χ4v) is 2.11. The minimum atomic E-state index is 0.568. The third kappa shape index (κ3) is 1.98. The van der Waals surface area contributed by atoms with E-state index < -0.39 is 0 Å². The maximum Gasteiger partial charge on any atom is 0.0459 e. The van der Waals surface area contributed by atoms with Crippen molar-refractivity contribution in [1.82, 2.24) is 9.88 Å². The Morgan fingerprint density at radius 3 is 2.75 bits per heavy atom. The second-order valence-corrected chi connectivity index (χ2v) is 4.83. The first kappa shape index (κ1) is 11.2. The third-order valence-corrected chi connectivity index (χ3v) is 3.39. The highest BCUT2D eigenvalue weighted by atomic mass is 15.1. The van der Waals surface area contributed by atoms with E-state index in [1.54, 1.807) is 0 Å². The van der Waals surface area contributed by atoms with Gasteiger partial charge in [-0.2, -0.15) is 0 Å². The summed E-state index contributed by atoms with van der Waals surface area (Å²) in [5.41, 5.74) is 4.04. The van der Waals surface area contributed by atoms with E-state index in [0.29, 0.717) is 6.04 Å². The van der Waals surface area contributed by atoms with Gasteiger partial charge in [-0.25, -0.2) is 0 Å². The molecule has 1 aromatic heterocycles. The number of likely N-dealkylation sites (N-methyl/N-ethyl adjacent to an activating group) is 1. The van der Waals surface area contributed by atoms with Crippen LogP contribution in [-0.4, -0.2) is 30.0 Å². The molecule has 0 saturated heterocycles. The van der Waals surface area contributed by atoms with Crippen molar-refractivity contribution in [2.75, 3.05) is 14.1 Å². The highest BCUT2D eigenvalue weighted by Crippen LogP contribution is 2.23. The lowest BCUT2D eigenvalue weighted by Crippen LogP contribution is -2.26.